The molecule has 1 N–H and O–H groups in total. The smallest absolute Gasteiger partial charge is 0.407 e. The molecule has 3 aromatic rings. The van der Waals surface area contributed by atoms with Crippen molar-refractivity contribution in [1.29, 1.82) is 0 Å². The number of rotatable bonds is 5. The van der Waals surface area contributed by atoms with Crippen molar-refractivity contribution in [3.05, 3.63) is 24.5 Å². The number of carbonyl (C=O) groups is 1. The van der Waals surface area contributed by atoms with Crippen LogP contribution in [0.15, 0.2) is 23.1 Å². The fourth-order valence-corrected chi connectivity index (χ4v) is 4.37. The molecule has 1 fully saturated rings. The molecule has 9 nitrogen and oxygen atoms in total. The molecule has 32 heavy (non-hydrogen) atoms. The maximum atomic E-state index is 12.3. The number of hydrogen-bond donors (Lipinski definition) is 1. The van der Waals surface area contributed by atoms with Crippen LogP contribution in [0.2, 0.25) is 0 Å². The van der Waals surface area contributed by atoms with Gasteiger partial charge < -0.3 is 19.0 Å². The van der Waals surface area contributed by atoms with Gasteiger partial charge in [0.05, 0.1) is 11.7 Å². The van der Waals surface area contributed by atoms with Gasteiger partial charge in [-0.15, -0.1) is 10.2 Å². The van der Waals surface area contributed by atoms with Crippen molar-refractivity contribution in [3.63, 3.8) is 0 Å². The van der Waals surface area contributed by atoms with Gasteiger partial charge in [0.25, 0.3) is 5.89 Å². The van der Waals surface area contributed by atoms with Crippen LogP contribution in [0.4, 0.5) is 4.79 Å². The van der Waals surface area contributed by atoms with E-state index in [-0.39, 0.29) is 18.2 Å². The molecule has 0 bridgehead atoms. The van der Waals surface area contributed by atoms with Crippen LogP contribution in [0, 0.1) is 5.92 Å². The summed E-state index contributed by atoms with van der Waals surface area (Å²) in [6.07, 6.45) is 7.40. The minimum atomic E-state index is -0.513. The average molecular weight is 441 g/mol. The lowest BCUT2D eigenvalue weighted by Gasteiger charge is -2.32. The third kappa shape index (κ3) is 5.08. The van der Waals surface area contributed by atoms with Crippen molar-refractivity contribution in [3.8, 4) is 11.6 Å². The predicted octanol–water partition coefficient (Wildman–Crippen LogP) is 4.69. The number of fused-ring (bicyclic) bond motifs is 1. The van der Waals surface area contributed by atoms with Crippen LogP contribution in [-0.2, 0) is 11.2 Å². The van der Waals surface area contributed by atoms with Gasteiger partial charge in [-0.25, -0.2) is 14.8 Å². The number of alkyl carbamates (subject to hydrolysis) is 1. The lowest BCUT2D eigenvalue weighted by molar-refractivity contribution is 0.0486. The standard InChI is InChI=1S/C23H32N6O3/c1-14(2)9-20-27-18-12-24-17(21-28-25-13-31-21)11-19(18)29(20)16-8-6-7-15(10-16)26-22(30)32-23(3,4)5/h11-16H,6-10H2,1-5H3,(H,26,30)/t15-,16+/m0/s1. The maximum Gasteiger partial charge on any atom is 0.407 e. The first kappa shape index (κ1) is 22.2. The van der Waals surface area contributed by atoms with Crippen LogP contribution < -0.4 is 5.32 Å². The van der Waals surface area contributed by atoms with E-state index in [0.717, 1.165) is 49.0 Å². The average Bonchev–Trinajstić information content (AvgIpc) is 3.33. The topological polar surface area (TPSA) is 108 Å². The monoisotopic (exact) mass is 440 g/mol. The van der Waals surface area contributed by atoms with Gasteiger partial charge in [0, 0.05) is 18.5 Å². The van der Waals surface area contributed by atoms with Gasteiger partial charge in [0.2, 0.25) is 6.39 Å². The highest BCUT2D eigenvalue weighted by Crippen LogP contribution is 2.34. The summed E-state index contributed by atoms with van der Waals surface area (Å²) in [5, 5.41) is 10.8. The number of nitrogens with zero attached hydrogens (tertiary/aromatic N) is 5. The van der Waals surface area contributed by atoms with Crippen LogP contribution in [0.5, 0.6) is 0 Å². The molecule has 1 amide bonds. The zero-order valence-electron chi connectivity index (χ0n) is 19.5. The van der Waals surface area contributed by atoms with Crippen LogP contribution in [0.25, 0.3) is 22.6 Å². The first-order valence-electron chi connectivity index (χ1n) is 11.3. The summed E-state index contributed by atoms with van der Waals surface area (Å²) in [5.41, 5.74) is 1.98. The summed E-state index contributed by atoms with van der Waals surface area (Å²) in [7, 11) is 0. The molecule has 0 unspecified atom stereocenters. The zero-order valence-corrected chi connectivity index (χ0v) is 19.5. The van der Waals surface area contributed by atoms with Gasteiger partial charge >= 0.3 is 6.09 Å². The van der Waals surface area contributed by atoms with Crippen molar-refractivity contribution in [1.82, 2.24) is 30.0 Å². The van der Waals surface area contributed by atoms with E-state index in [1.54, 1.807) is 6.20 Å². The lowest BCUT2D eigenvalue weighted by Crippen LogP contribution is -2.41. The molecule has 1 aliphatic rings. The van der Waals surface area contributed by atoms with E-state index in [1.165, 1.54) is 6.39 Å². The number of aromatic nitrogens is 5. The largest absolute Gasteiger partial charge is 0.444 e. The molecule has 172 valence electrons. The Morgan fingerprint density at radius 2 is 2.16 bits per heavy atom. The first-order valence-corrected chi connectivity index (χ1v) is 11.3. The fourth-order valence-electron chi connectivity index (χ4n) is 4.37. The molecule has 1 aliphatic carbocycles. The second-order valence-electron chi connectivity index (χ2n) is 9.96. The molecule has 2 atom stereocenters. The van der Waals surface area contributed by atoms with E-state index in [0.29, 0.717) is 17.5 Å². The van der Waals surface area contributed by atoms with Crippen LogP contribution in [0.1, 0.15) is 72.2 Å². The Balaban J connectivity index is 1.64. The van der Waals surface area contributed by atoms with Crippen molar-refractivity contribution in [2.45, 2.75) is 84.4 Å². The van der Waals surface area contributed by atoms with E-state index >= 15 is 0 Å². The number of amides is 1. The van der Waals surface area contributed by atoms with Gasteiger partial charge in [-0.05, 0) is 58.4 Å². The fraction of sp³-hybridized carbons (Fsp3) is 0.609. The third-order valence-electron chi connectivity index (χ3n) is 5.55. The molecule has 0 spiro atoms. The van der Waals surface area contributed by atoms with Crippen molar-refractivity contribution in [2.24, 2.45) is 5.92 Å². The first-order chi connectivity index (χ1) is 15.2. The molecule has 0 saturated heterocycles. The molecular weight excluding hydrogens is 408 g/mol. The van der Waals surface area contributed by atoms with E-state index in [2.05, 4.69) is 38.9 Å². The van der Waals surface area contributed by atoms with Crippen molar-refractivity contribution < 1.29 is 13.9 Å². The summed E-state index contributed by atoms with van der Waals surface area (Å²) in [5.74, 6) is 1.90. The Labute approximate surface area is 188 Å². The Morgan fingerprint density at radius 3 is 2.84 bits per heavy atom. The zero-order chi connectivity index (χ0) is 22.9. The number of pyridine rings is 1. The van der Waals surface area contributed by atoms with E-state index < -0.39 is 5.60 Å². The second-order valence-corrected chi connectivity index (χ2v) is 9.96. The quantitative estimate of drug-likeness (QED) is 0.613. The SMILES string of the molecule is CC(C)Cc1nc2cnc(-c3nnco3)cc2n1[C@@H]1CCC[C@H](NC(=O)OC(C)(C)C)C1. The predicted molar refractivity (Wildman–Crippen MR) is 120 cm³/mol. The molecule has 4 rings (SSSR count). The van der Waals surface area contributed by atoms with Crippen molar-refractivity contribution >= 4 is 17.1 Å². The highest BCUT2D eigenvalue weighted by atomic mass is 16.6. The summed E-state index contributed by atoms with van der Waals surface area (Å²) in [6, 6.07) is 2.26. The molecule has 0 aromatic carbocycles. The minimum absolute atomic E-state index is 0.0604. The molecule has 0 aliphatic heterocycles. The molecule has 0 radical (unpaired) electrons. The van der Waals surface area contributed by atoms with Gasteiger partial charge in [-0.2, -0.15) is 0 Å². The molecular formula is C23H32N6O3. The lowest BCUT2D eigenvalue weighted by atomic mass is 9.90. The molecule has 9 heteroatoms. The van der Waals surface area contributed by atoms with E-state index in [4.69, 9.17) is 14.1 Å². The molecule has 3 aromatic heterocycles. The van der Waals surface area contributed by atoms with Crippen LogP contribution in [0.3, 0.4) is 0 Å². The summed E-state index contributed by atoms with van der Waals surface area (Å²) >= 11 is 0. The van der Waals surface area contributed by atoms with E-state index in [9.17, 15) is 4.79 Å². The number of imidazole rings is 1. The van der Waals surface area contributed by atoms with Crippen molar-refractivity contribution in [2.75, 3.05) is 0 Å². The van der Waals surface area contributed by atoms with Gasteiger partial charge in [0.1, 0.15) is 22.6 Å². The number of carbonyl (C=O) groups excluding carboxylic acids is 1. The Morgan fingerprint density at radius 1 is 1.34 bits per heavy atom. The number of ether oxygens (including phenoxy) is 1. The third-order valence-corrected chi connectivity index (χ3v) is 5.55. The number of hydrogen-bond acceptors (Lipinski definition) is 7. The second kappa shape index (κ2) is 8.88. The van der Waals surface area contributed by atoms with Gasteiger partial charge in [-0.3, -0.25) is 0 Å². The molecule has 1 saturated carbocycles. The summed E-state index contributed by atoms with van der Waals surface area (Å²) < 4.78 is 13.2. The maximum absolute atomic E-state index is 12.3. The van der Waals surface area contributed by atoms with Gasteiger partial charge in [0.15, 0.2) is 0 Å². The Hall–Kier alpha value is -2.97. The summed E-state index contributed by atoms with van der Waals surface area (Å²) in [6.45, 7) is 10.0. The van der Waals surface area contributed by atoms with Crippen LogP contribution >= 0.6 is 0 Å². The normalized spacial score (nSPS) is 19.4. The highest BCUT2D eigenvalue weighted by Gasteiger charge is 2.29. The Kier molecular flexibility index (Phi) is 6.17. The summed E-state index contributed by atoms with van der Waals surface area (Å²) in [4.78, 5) is 21.7. The Bertz CT molecular complexity index is 1070. The van der Waals surface area contributed by atoms with Gasteiger partial charge in [-0.1, -0.05) is 13.8 Å². The highest BCUT2D eigenvalue weighted by molar-refractivity contribution is 5.79. The minimum Gasteiger partial charge on any atom is -0.444 e. The van der Waals surface area contributed by atoms with E-state index in [1.807, 2.05) is 26.8 Å². The molecule has 3 heterocycles. The number of nitrogens with one attached hydrogen (secondary N) is 1. The van der Waals surface area contributed by atoms with Crippen LogP contribution in [-0.4, -0.2) is 42.5 Å².